The monoisotopic (exact) mass is 334 g/mol. The Kier molecular flexibility index (Phi) is 4.40. The van der Waals surface area contributed by atoms with E-state index in [1.807, 2.05) is 26.0 Å². The van der Waals surface area contributed by atoms with Crippen LogP contribution < -0.4 is 0 Å². The maximum Gasteiger partial charge on any atom is 0.245 e. The van der Waals surface area contributed by atoms with Crippen LogP contribution in [-0.2, 0) is 10.0 Å². The van der Waals surface area contributed by atoms with Gasteiger partial charge in [0, 0.05) is 18.1 Å². The standard InChI is InChI=1S/C17H22N2O3S/c1-12-9-14-6-3-7-16(17(14)18-10-12)23(21,22)19-8-4-5-13(2)15(19)11-20/h3,6-7,9-10,13,15,20H,4-5,8,11H2,1-2H3. The Balaban J connectivity index is 2.13. The van der Waals surface area contributed by atoms with Crippen LogP contribution in [0.4, 0.5) is 0 Å². The normalized spacial score (nSPS) is 23.3. The minimum Gasteiger partial charge on any atom is -0.395 e. The summed E-state index contributed by atoms with van der Waals surface area (Å²) in [7, 11) is -3.68. The summed E-state index contributed by atoms with van der Waals surface area (Å²) < 4.78 is 27.8. The quantitative estimate of drug-likeness (QED) is 0.935. The zero-order valence-corrected chi connectivity index (χ0v) is 14.3. The average molecular weight is 334 g/mol. The van der Waals surface area contributed by atoms with Crippen molar-refractivity contribution < 1.29 is 13.5 Å². The second kappa shape index (κ2) is 6.19. The Bertz CT molecular complexity index is 820. The van der Waals surface area contributed by atoms with Gasteiger partial charge in [-0.2, -0.15) is 4.31 Å². The van der Waals surface area contributed by atoms with Crippen LogP contribution in [0.1, 0.15) is 25.3 Å². The highest BCUT2D eigenvalue weighted by atomic mass is 32.2. The van der Waals surface area contributed by atoms with Gasteiger partial charge in [-0.3, -0.25) is 4.98 Å². The van der Waals surface area contributed by atoms with Crippen LogP contribution in [0.3, 0.4) is 0 Å². The second-order valence-corrected chi connectivity index (χ2v) is 8.18. The number of aliphatic hydroxyl groups excluding tert-OH is 1. The van der Waals surface area contributed by atoms with Crippen LogP contribution in [-0.4, -0.2) is 42.0 Å². The molecule has 0 saturated carbocycles. The van der Waals surface area contributed by atoms with Crippen molar-refractivity contribution in [2.75, 3.05) is 13.2 Å². The number of sulfonamides is 1. The lowest BCUT2D eigenvalue weighted by Crippen LogP contribution is -2.49. The van der Waals surface area contributed by atoms with Crippen molar-refractivity contribution in [3.05, 3.63) is 36.0 Å². The minimum atomic E-state index is -3.68. The average Bonchev–Trinajstić information content (AvgIpc) is 2.53. The molecule has 1 aromatic carbocycles. The molecule has 0 radical (unpaired) electrons. The number of fused-ring (bicyclic) bond motifs is 1. The number of benzene rings is 1. The van der Waals surface area contributed by atoms with Crippen molar-refractivity contribution in [2.24, 2.45) is 5.92 Å². The van der Waals surface area contributed by atoms with Gasteiger partial charge in [0.2, 0.25) is 10.0 Å². The van der Waals surface area contributed by atoms with Crippen molar-refractivity contribution in [3.8, 4) is 0 Å². The van der Waals surface area contributed by atoms with Gasteiger partial charge in [0.1, 0.15) is 4.90 Å². The van der Waals surface area contributed by atoms with E-state index >= 15 is 0 Å². The van der Waals surface area contributed by atoms with Gasteiger partial charge in [0.25, 0.3) is 0 Å². The van der Waals surface area contributed by atoms with Crippen LogP contribution >= 0.6 is 0 Å². The fraction of sp³-hybridized carbons (Fsp3) is 0.471. The van der Waals surface area contributed by atoms with E-state index in [-0.39, 0.29) is 23.5 Å². The Hall–Kier alpha value is -1.50. The number of hydrogen-bond acceptors (Lipinski definition) is 4. The van der Waals surface area contributed by atoms with Crippen LogP contribution in [0, 0.1) is 12.8 Å². The summed E-state index contributed by atoms with van der Waals surface area (Å²) in [5.74, 6) is 0.147. The Morgan fingerprint density at radius 1 is 1.39 bits per heavy atom. The highest BCUT2D eigenvalue weighted by Gasteiger charge is 2.37. The van der Waals surface area contributed by atoms with Crippen LogP contribution in [0.2, 0.25) is 0 Å². The predicted molar refractivity (Wildman–Crippen MR) is 89.6 cm³/mol. The summed E-state index contributed by atoms with van der Waals surface area (Å²) >= 11 is 0. The van der Waals surface area contributed by atoms with E-state index in [0.29, 0.717) is 12.1 Å². The molecule has 0 amide bonds. The Morgan fingerprint density at radius 3 is 2.91 bits per heavy atom. The number of para-hydroxylation sites is 1. The third-order valence-electron chi connectivity index (χ3n) is 4.65. The first-order valence-corrected chi connectivity index (χ1v) is 9.37. The van der Waals surface area contributed by atoms with Gasteiger partial charge in [-0.15, -0.1) is 0 Å². The van der Waals surface area contributed by atoms with Gasteiger partial charge < -0.3 is 5.11 Å². The smallest absolute Gasteiger partial charge is 0.245 e. The lowest BCUT2D eigenvalue weighted by atomic mass is 9.93. The lowest BCUT2D eigenvalue weighted by Gasteiger charge is -2.37. The first-order valence-electron chi connectivity index (χ1n) is 7.93. The molecule has 1 aliphatic rings. The molecule has 2 atom stereocenters. The SMILES string of the molecule is Cc1cnc2c(S(=O)(=O)N3CCCC(C)C3CO)cccc2c1. The maximum atomic E-state index is 13.2. The number of hydrogen-bond donors (Lipinski definition) is 1. The molecule has 0 spiro atoms. The Morgan fingerprint density at radius 2 is 2.17 bits per heavy atom. The van der Waals surface area contributed by atoms with E-state index < -0.39 is 10.0 Å². The predicted octanol–water partition coefficient (Wildman–Crippen LogP) is 2.32. The highest BCUT2D eigenvalue weighted by molar-refractivity contribution is 7.89. The van der Waals surface area contributed by atoms with E-state index in [1.54, 1.807) is 18.3 Å². The van der Waals surface area contributed by atoms with Crippen molar-refractivity contribution >= 4 is 20.9 Å². The fourth-order valence-electron chi connectivity index (χ4n) is 3.36. The molecule has 6 heteroatoms. The molecule has 1 saturated heterocycles. The summed E-state index contributed by atoms with van der Waals surface area (Å²) in [5, 5.41) is 10.5. The van der Waals surface area contributed by atoms with Crippen LogP contribution in [0.25, 0.3) is 10.9 Å². The molecule has 3 rings (SSSR count). The number of aliphatic hydroxyl groups is 1. The summed E-state index contributed by atoms with van der Waals surface area (Å²) in [6, 6.07) is 6.79. The second-order valence-electron chi connectivity index (χ2n) is 6.33. The number of aryl methyl sites for hydroxylation is 1. The third-order valence-corrected chi connectivity index (χ3v) is 6.61. The topological polar surface area (TPSA) is 70.5 Å². The number of piperidine rings is 1. The molecule has 1 aromatic heterocycles. The summed E-state index contributed by atoms with van der Waals surface area (Å²) in [4.78, 5) is 4.57. The molecule has 1 aliphatic heterocycles. The summed E-state index contributed by atoms with van der Waals surface area (Å²) in [6.45, 7) is 4.22. The van der Waals surface area contributed by atoms with Gasteiger partial charge in [-0.25, -0.2) is 8.42 Å². The van der Waals surface area contributed by atoms with Gasteiger partial charge in [-0.1, -0.05) is 19.1 Å². The largest absolute Gasteiger partial charge is 0.395 e. The zero-order chi connectivity index (χ0) is 16.6. The van der Waals surface area contributed by atoms with E-state index in [1.165, 1.54) is 4.31 Å². The molecule has 5 nitrogen and oxygen atoms in total. The zero-order valence-electron chi connectivity index (χ0n) is 13.4. The van der Waals surface area contributed by atoms with Crippen LogP contribution in [0.5, 0.6) is 0 Å². The van der Waals surface area contributed by atoms with Crippen molar-refractivity contribution in [1.29, 1.82) is 0 Å². The van der Waals surface area contributed by atoms with Crippen LogP contribution in [0.15, 0.2) is 35.4 Å². The molecule has 23 heavy (non-hydrogen) atoms. The van der Waals surface area contributed by atoms with Crippen molar-refractivity contribution in [3.63, 3.8) is 0 Å². The van der Waals surface area contributed by atoms with Gasteiger partial charge in [0.15, 0.2) is 0 Å². The van der Waals surface area contributed by atoms with E-state index in [4.69, 9.17) is 0 Å². The van der Waals surface area contributed by atoms with E-state index in [0.717, 1.165) is 23.8 Å². The number of nitrogens with zero attached hydrogens (tertiary/aromatic N) is 2. The van der Waals surface area contributed by atoms with E-state index in [9.17, 15) is 13.5 Å². The molecular weight excluding hydrogens is 312 g/mol. The molecule has 0 bridgehead atoms. The Labute approximate surface area is 137 Å². The molecule has 124 valence electrons. The maximum absolute atomic E-state index is 13.2. The number of aromatic nitrogens is 1. The molecule has 0 aliphatic carbocycles. The molecular formula is C17H22N2O3S. The summed E-state index contributed by atoms with van der Waals surface area (Å²) in [5.41, 5.74) is 1.49. The van der Waals surface area contributed by atoms with Gasteiger partial charge in [-0.05, 0) is 43.4 Å². The first kappa shape index (κ1) is 16.4. The minimum absolute atomic E-state index is 0.147. The van der Waals surface area contributed by atoms with E-state index in [2.05, 4.69) is 4.98 Å². The van der Waals surface area contributed by atoms with Gasteiger partial charge >= 0.3 is 0 Å². The molecule has 2 aromatic rings. The van der Waals surface area contributed by atoms with Crippen molar-refractivity contribution in [2.45, 2.75) is 37.6 Å². The highest BCUT2D eigenvalue weighted by Crippen LogP contribution is 2.31. The molecule has 1 N–H and O–H groups in total. The molecule has 2 heterocycles. The molecule has 2 unspecified atom stereocenters. The van der Waals surface area contributed by atoms with Crippen molar-refractivity contribution in [1.82, 2.24) is 9.29 Å². The lowest BCUT2D eigenvalue weighted by molar-refractivity contribution is 0.113. The van der Waals surface area contributed by atoms with Gasteiger partial charge in [0.05, 0.1) is 18.2 Å². The third kappa shape index (κ3) is 2.86. The number of rotatable bonds is 3. The first-order chi connectivity index (χ1) is 10.9. The molecule has 1 fully saturated rings. The number of pyridine rings is 1. The fourth-order valence-corrected chi connectivity index (χ4v) is 5.28. The summed E-state index contributed by atoms with van der Waals surface area (Å²) in [6.07, 6.45) is 3.43.